The highest BCUT2D eigenvalue weighted by atomic mass is 16.4. The Balaban J connectivity index is 2.71. The van der Waals surface area contributed by atoms with E-state index in [0.29, 0.717) is 6.42 Å². The fourth-order valence-corrected chi connectivity index (χ4v) is 1.98. The molecule has 1 rings (SSSR count). The Hall–Kier alpha value is -1.39. The average molecular weight is 265 g/mol. The van der Waals surface area contributed by atoms with Gasteiger partial charge in [0.1, 0.15) is 0 Å². The Kier molecular flexibility index (Phi) is 6.53. The Morgan fingerprint density at radius 3 is 2.47 bits per heavy atom. The maximum absolute atomic E-state index is 10.7. The standard InChI is InChI=1S/C15H23NO3/c1-3-10-16-13(8-9-14(17)18)15(19)12-6-4-11(2)5-7-12/h4-7,13,15-16,19H,3,8-10H2,1-2H3,(H,17,18). The summed E-state index contributed by atoms with van der Waals surface area (Å²) in [4.78, 5) is 10.7. The molecule has 106 valence electrons. The lowest BCUT2D eigenvalue weighted by Crippen LogP contribution is -2.36. The molecule has 0 saturated carbocycles. The molecular weight excluding hydrogens is 242 g/mol. The van der Waals surface area contributed by atoms with E-state index in [4.69, 9.17) is 5.11 Å². The highest BCUT2D eigenvalue weighted by Crippen LogP contribution is 2.20. The van der Waals surface area contributed by atoms with Gasteiger partial charge in [-0.05, 0) is 31.9 Å². The number of aryl methyl sites for hydroxylation is 1. The van der Waals surface area contributed by atoms with Crippen LogP contribution in [-0.2, 0) is 4.79 Å². The molecule has 0 radical (unpaired) electrons. The van der Waals surface area contributed by atoms with Gasteiger partial charge >= 0.3 is 5.97 Å². The topological polar surface area (TPSA) is 69.6 Å². The number of aliphatic carboxylic acids is 1. The van der Waals surface area contributed by atoms with Crippen molar-refractivity contribution in [3.8, 4) is 0 Å². The van der Waals surface area contributed by atoms with Crippen LogP contribution in [0.2, 0.25) is 0 Å². The van der Waals surface area contributed by atoms with Gasteiger partial charge < -0.3 is 15.5 Å². The van der Waals surface area contributed by atoms with E-state index < -0.39 is 12.1 Å². The first-order valence-electron chi connectivity index (χ1n) is 6.74. The zero-order valence-corrected chi connectivity index (χ0v) is 11.6. The zero-order chi connectivity index (χ0) is 14.3. The number of carbonyl (C=O) groups is 1. The number of benzene rings is 1. The van der Waals surface area contributed by atoms with E-state index in [1.807, 2.05) is 38.1 Å². The van der Waals surface area contributed by atoms with Gasteiger partial charge in [-0.3, -0.25) is 4.79 Å². The molecule has 1 aromatic carbocycles. The number of nitrogens with one attached hydrogen (secondary N) is 1. The second-order valence-electron chi connectivity index (χ2n) is 4.85. The molecule has 0 amide bonds. The third-order valence-corrected chi connectivity index (χ3v) is 3.13. The largest absolute Gasteiger partial charge is 0.481 e. The summed E-state index contributed by atoms with van der Waals surface area (Å²) in [6, 6.07) is 7.46. The van der Waals surface area contributed by atoms with E-state index in [1.165, 1.54) is 0 Å². The van der Waals surface area contributed by atoms with E-state index in [1.54, 1.807) is 0 Å². The summed E-state index contributed by atoms with van der Waals surface area (Å²) in [6.07, 6.45) is 0.755. The molecule has 0 bridgehead atoms. The van der Waals surface area contributed by atoms with E-state index in [-0.39, 0.29) is 12.5 Å². The molecule has 0 aliphatic carbocycles. The van der Waals surface area contributed by atoms with Gasteiger partial charge in [0.15, 0.2) is 0 Å². The van der Waals surface area contributed by atoms with E-state index in [0.717, 1.165) is 24.1 Å². The highest BCUT2D eigenvalue weighted by Gasteiger charge is 2.20. The second kappa shape index (κ2) is 7.92. The number of hydrogen-bond acceptors (Lipinski definition) is 3. The molecule has 0 aromatic heterocycles. The molecule has 4 nitrogen and oxygen atoms in total. The molecule has 2 unspecified atom stereocenters. The molecule has 0 spiro atoms. The van der Waals surface area contributed by atoms with Crippen molar-refractivity contribution in [2.75, 3.05) is 6.54 Å². The Morgan fingerprint density at radius 2 is 1.95 bits per heavy atom. The van der Waals surface area contributed by atoms with Gasteiger partial charge in [-0.15, -0.1) is 0 Å². The molecule has 0 fully saturated rings. The SMILES string of the molecule is CCCNC(CCC(=O)O)C(O)c1ccc(C)cc1. The van der Waals surface area contributed by atoms with Crippen molar-refractivity contribution < 1.29 is 15.0 Å². The normalized spacial score (nSPS) is 14.1. The monoisotopic (exact) mass is 265 g/mol. The summed E-state index contributed by atoms with van der Waals surface area (Å²) in [5.41, 5.74) is 1.96. The molecule has 2 atom stereocenters. The van der Waals surface area contributed by atoms with Gasteiger partial charge in [0.25, 0.3) is 0 Å². The predicted molar refractivity (Wildman–Crippen MR) is 75.1 cm³/mol. The number of aliphatic hydroxyl groups is 1. The Bertz CT molecular complexity index is 389. The third kappa shape index (κ3) is 5.41. The number of carboxylic acids is 1. The van der Waals surface area contributed by atoms with Crippen LogP contribution < -0.4 is 5.32 Å². The molecule has 19 heavy (non-hydrogen) atoms. The van der Waals surface area contributed by atoms with Crippen LogP contribution in [-0.4, -0.2) is 28.8 Å². The maximum Gasteiger partial charge on any atom is 0.303 e. The van der Waals surface area contributed by atoms with Gasteiger partial charge in [0.05, 0.1) is 6.10 Å². The lowest BCUT2D eigenvalue weighted by molar-refractivity contribution is -0.137. The first-order valence-corrected chi connectivity index (χ1v) is 6.74. The molecule has 3 N–H and O–H groups in total. The summed E-state index contributed by atoms with van der Waals surface area (Å²) in [5.74, 6) is -0.834. The summed E-state index contributed by atoms with van der Waals surface area (Å²) >= 11 is 0. The van der Waals surface area contributed by atoms with Crippen LogP contribution in [0.4, 0.5) is 0 Å². The summed E-state index contributed by atoms with van der Waals surface area (Å²) < 4.78 is 0. The van der Waals surface area contributed by atoms with Crippen molar-refractivity contribution in [3.05, 3.63) is 35.4 Å². The Morgan fingerprint density at radius 1 is 1.32 bits per heavy atom. The first kappa shape index (κ1) is 15.7. The van der Waals surface area contributed by atoms with Crippen LogP contribution in [0.25, 0.3) is 0 Å². The molecule has 1 aromatic rings. The molecule has 0 aliphatic rings. The zero-order valence-electron chi connectivity index (χ0n) is 11.6. The van der Waals surface area contributed by atoms with Crippen LogP contribution in [0, 0.1) is 6.92 Å². The fraction of sp³-hybridized carbons (Fsp3) is 0.533. The lowest BCUT2D eigenvalue weighted by atomic mass is 9.97. The van der Waals surface area contributed by atoms with Gasteiger partial charge in [-0.25, -0.2) is 0 Å². The molecular formula is C15H23NO3. The molecule has 0 heterocycles. The number of hydrogen-bond donors (Lipinski definition) is 3. The van der Waals surface area contributed by atoms with Crippen LogP contribution >= 0.6 is 0 Å². The number of aliphatic hydroxyl groups excluding tert-OH is 1. The average Bonchev–Trinajstić information content (AvgIpc) is 2.39. The summed E-state index contributed by atoms with van der Waals surface area (Å²) in [6.45, 7) is 4.81. The van der Waals surface area contributed by atoms with Crippen LogP contribution in [0.3, 0.4) is 0 Å². The van der Waals surface area contributed by atoms with Gasteiger partial charge in [-0.2, -0.15) is 0 Å². The van der Waals surface area contributed by atoms with Crippen molar-refractivity contribution in [1.29, 1.82) is 0 Å². The minimum absolute atomic E-state index is 0.0598. The maximum atomic E-state index is 10.7. The number of carboxylic acid groups (broad SMARTS) is 1. The van der Waals surface area contributed by atoms with E-state index in [2.05, 4.69) is 5.32 Å². The van der Waals surface area contributed by atoms with Gasteiger partial charge in [0, 0.05) is 12.5 Å². The number of rotatable bonds is 8. The minimum Gasteiger partial charge on any atom is -0.481 e. The molecule has 0 saturated heterocycles. The second-order valence-corrected chi connectivity index (χ2v) is 4.85. The fourth-order valence-electron chi connectivity index (χ4n) is 1.98. The summed E-state index contributed by atoms with van der Waals surface area (Å²) in [7, 11) is 0. The van der Waals surface area contributed by atoms with Crippen molar-refractivity contribution >= 4 is 5.97 Å². The van der Waals surface area contributed by atoms with Crippen LogP contribution in [0.15, 0.2) is 24.3 Å². The van der Waals surface area contributed by atoms with Crippen molar-refractivity contribution in [2.24, 2.45) is 0 Å². The molecule has 0 aliphatic heterocycles. The van der Waals surface area contributed by atoms with Gasteiger partial charge in [0.2, 0.25) is 0 Å². The predicted octanol–water partition coefficient (Wildman–Crippen LogP) is 2.26. The van der Waals surface area contributed by atoms with Crippen LogP contribution in [0.5, 0.6) is 0 Å². The van der Waals surface area contributed by atoms with E-state index in [9.17, 15) is 9.90 Å². The summed E-state index contributed by atoms with van der Waals surface area (Å²) in [5, 5.41) is 22.3. The quantitative estimate of drug-likeness (QED) is 0.674. The van der Waals surface area contributed by atoms with Crippen molar-refractivity contribution in [3.63, 3.8) is 0 Å². The smallest absolute Gasteiger partial charge is 0.303 e. The highest BCUT2D eigenvalue weighted by molar-refractivity contribution is 5.66. The van der Waals surface area contributed by atoms with Gasteiger partial charge in [-0.1, -0.05) is 36.8 Å². The first-order chi connectivity index (χ1) is 9.04. The Labute approximate surface area is 114 Å². The minimum atomic E-state index is -0.834. The molecule has 4 heteroatoms. The third-order valence-electron chi connectivity index (χ3n) is 3.13. The van der Waals surface area contributed by atoms with Crippen LogP contribution in [0.1, 0.15) is 43.4 Å². The lowest BCUT2D eigenvalue weighted by Gasteiger charge is -2.24. The van der Waals surface area contributed by atoms with Crippen molar-refractivity contribution in [2.45, 2.75) is 45.3 Å². The van der Waals surface area contributed by atoms with Crippen molar-refractivity contribution in [1.82, 2.24) is 5.32 Å². The van der Waals surface area contributed by atoms with E-state index >= 15 is 0 Å².